The number of hydrogen-bond donors (Lipinski definition) is 1. The maximum Gasteiger partial charge on any atom is 0.217 e. The summed E-state index contributed by atoms with van der Waals surface area (Å²) in [6, 6.07) is 4.15. The molecule has 0 bridgehead atoms. The number of hydrogen-bond acceptors (Lipinski definition) is 3. The van der Waals surface area contributed by atoms with E-state index in [2.05, 4.69) is 31.3 Å². The number of rotatable bonds is 2. The van der Waals surface area contributed by atoms with Gasteiger partial charge in [0, 0.05) is 4.47 Å². The van der Waals surface area contributed by atoms with Crippen LogP contribution in [0.1, 0.15) is 16.1 Å². The second kappa shape index (κ2) is 3.90. The normalized spacial score (nSPS) is 10.3. The van der Waals surface area contributed by atoms with Crippen molar-refractivity contribution in [1.82, 2.24) is 15.4 Å². The number of halogens is 2. The van der Waals surface area contributed by atoms with E-state index in [1.54, 1.807) is 0 Å². The number of nitrogens with one attached hydrogen (secondary N) is 1. The highest BCUT2D eigenvalue weighted by atomic mass is 79.9. The monoisotopic (exact) mass is 269 g/mol. The Hall–Kier alpha value is -1.56. The summed E-state index contributed by atoms with van der Waals surface area (Å²) in [7, 11) is 0. The van der Waals surface area contributed by atoms with E-state index < -0.39 is 11.6 Å². The molecule has 0 aliphatic carbocycles. The van der Waals surface area contributed by atoms with Crippen LogP contribution in [-0.4, -0.2) is 21.2 Å². The Kier molecular flexibility index (Phi) is 2.59. The molecule has 1 aromatic heterocycles. The third-order valence-electron chi connectivity index (χ3n) is 1.82. The van der Waals surface area contributed by atoms with Gasteiger partial charge in [-0.25, -0.2) is 4.39 Å². The molecule has 6 heteroatoms. The SMILES string of the molecule is O=C(c1cn[nH]n1)c1cc(Br)ccc1F. The Bertz CT molecular complexity index is 498. The van der Waals surface area contributed by atoms with Crippen molar-refractivity contribution >= 4 is 21.7 Å². The Balaban J connectivity index is 2.46. The summed E-state index contributed by atoms with van der Waals surface area (Å²) in [5, 5.41) is 9.38. The van der Waals surface area contributed by atoms with Gasteiger partial charge in [-0.15, -0.1) is 0 Å². The number of H-pyrrole nitrogens is 1. The van der Waals surface area contributed by atoms with Crippen LogP contribution in [0.25, 0.3) is 0 Å². The van der Waals surface area contributed by atoms with Crippen molar-refractivity contribution in [2.75, 3.05) is 0 Å². The number of benzene rings is 1. The lowest BCUT2D eigenvalue weighted by Crippen LogP contribution is -2.04. The van der Waals surface area contributed by atoms with Crippen molar-refractivity contribution in [2.24, 2.45) is 0 Å². The van der Waals surface area contributed by atoms with E-state index in [1.807, 2.05) is 0 Å². The van der Waals surface area contributed by atoms with E-state index in [9.17, 15) is 9.18 Å². The van der Waals surface area contributed by atoms with Gasteiger partial charge < -0.3 is 0 Å². The number of nitrogens with zero attached hydrogens (tertiary/aromatic N) is 2. The van der Waals surface area contributed by atoms with Gasteiger partial charge in [0.25, 0.3) is 0 Å². The quantitative estimate of drug-likeness (QED) is 0.848. The highest BCUT2D eigenvalue weighted by Crippen LogP contribution is 2.17. The molecule has 0 amide bonds. The summed E-state index contributed by atoms with van der Waals surface area (Å²) in [6.07, 6.45) is 1.25. The molecule has 1 N–H and O–H groups in total. The van der Waals surface area contributed by atoms with Crippen LogP contribution in [0.3, 0.4) is 0 Å². The minimum absolute atomic E-state index is 0.0294. The summed E-state index contributed by atoms with van der Waals surface area (Å²) >= 11 is 3.17. The van der Waals surface area contributed by atoms with Gasteiger partial charge in [-0.2, -0.15) is 15.4 Å². The molecule has 0 spiro atoms. The largest absolute Gasteiger partial charge is 0.287 e. The smallest absolute Gasteiger partial charge is 0.217 e. The zero-order chi connectivity index (χ0) is 10.8. The van der Waals surface area contributed by atoms with Gasteiger partial charge in [0.05, 0.1) is 11.8 Å². The highest BCUT2D eigenvalue weighted by Gasteiger charge is 2.16. The fraction of sp³-hybridized carbons (Fsp3) is 0. The molecular formula is C9H5BrFN3O. The Morgan fingerprint density at radius 2 is 2.27 bits per heavy atom. The number of carbonyl (C=O) groups is 1. The second-order valence-electron chi connectivity index (χ2n) is 2.81. The van der Waals surface area contributed by atoms with Crippen molar-refractivity contribution < 1.29 is 9.18 Å². The lowest BCUT2D eigenvalue weighted by Gasteiger charge is -1.99. The molecule has 0 fully saturated rings. The maximum atomic E-state index is 13.3. The van der Waals surface area contributed by atoms with Crippen LogP contribution in [0.15, 0.2) is 28.9 Å². The topological polar surface area (TPSA) is 58.6 Å². The molecule has 0 radical (unpaired) electrons. The van der Waals surface area contributed by atoms with E-state index in [1.165, 1.54) is 24.4 Å². The first-order chi connectivity index (χ1) is 7.18. The predicted molar refractivity (Wildman–Crippen MR) is 53.9 cm³/mol. The van der Waals surface area contributed by atoms with Gasteiger partial charge in [0.1, 0.15) is 5.82 Å². The molecular weight excluding hydrogens is 265 g/mol. The fourth-order valence-electron chi connectivity index (χ4n) is 1.12. The summed E-state index contributed by atoms with van der Waals surface area (Å²) in [6.45, 7) is 0. The third-order valence-corrected chi connectivity index (χ3v) is 2.31. The lowest BCUT2D eigenvalue weighted by atomic mass is 10.1. The second-order valence-corrected chi connectivity index (χ2v) is 3.72. The van der Waals surface area contributed by atoms with Crippen molar-refractivity contribution in [3.63, 3.8) is 0 Å². The van der Waals surface area contributed by atoms with Gasteiger partial charge in [-0.1, -0.05) is 15.9 Å². The van der Waals surface area contributed by atoms with Gasteiger partial charge in [0.2, 0.25) is 5.78 Å². The fourth-order valence-corrected chi connectivity index (χ4v) is 1.48. The van der Waals surface area contributed by atoms with E-state index >= 15 is 0 Å². The van der Waals surface area contributed by atoms with E-state index in [0.29, 0.717) is 4.47 Å². The van der Waals surface area contributed by atoms with Crippen LogP contribution in [-0.2, 0) is 0 Å². The van der Waals surface area contributed by atoms with Crippen LogP contribution < -0.4 is 0 Å². The molecule has 0 saturated carbocycles. The summed E-state index contributed by atoms with van der Waals surface area (Å²) < 4.78 is 13.9. The van der Waals surface area contributed by atoms with Crippen LogP contribution in [0.4, 0.5) is 4.39 Å². The van der Waals surface area contributed by atoms with Crippen LogP contribution in [0, 0.1) is 5.82 Å². The molecule has 0 aliphatic heterocycles. The zero-order valence-corrected chi connectivity index (χ0v) is 8.95. The van der Waals surface area contributed by atoms with E-state index in [4.69, 9.17) is 0 Å². The van der Waals surface area contributed by atoms with Gasteiger partial charge >= 0.3 is 0 Å². The molecule has 0 unspecified atom stereocenters. The molecule has 2 rings (SSSR count). The van der Waals surface area contributed by atoms with Gasteiger partial charge in [-0.05, 0) is 18.2 Å². The number of aromatic amines is 1. The molecule has 0 aliphatic rings. The van der Waals surface area contributed by atoms with Crippen LogP contribution in [0.2, 0.25) is 0 Å². The van der Waals surface area contributed by atoms with E-state index in [0.717, 1.165) is 0 Å². The minimum atomic E-state index is -0.578. The molecule has 1 aromatic carbocycles. The highest BCUT2D eigenvalue weighted by molar-refractivity contribution is 9.10. The van der Waals surface area contributed by atoms with Crippen LogP contribution in [0.5, 0.6) is 0 Å². The standard InChI is InChI=1S/C9H5BrFN3O/c10-5-1-2-7(11)6(3-5)9(15)8-4-12-14-13-8/h1-4H,(H,12,13,14). The van der Waals surface area contributed by atoms with Gasteiger partial charge in [-0.3, -0.25) is 4.79 Å². The molecule has 15 heavy (non-hydrogen) atoms. The molecule has 2 aromatic rings. The van der Waals surface area contributed by atoms with Crippen molar-refractivity contribution in [1.29, 1.82) is 0 Å². The number of carbonyl (C=O) groups excluding carboxylic acids is 1. The maximum absolute atomic E-state index is 13.3. The molecule has 1 heterocycles. The summed E-state index contributed by atoms with van der Waals surface area (Å²) in [4.78, 5) is 11.7. The Labute approximate surface area is 92.6 Å². The first kappa shape index (κ1) is 9.97. The average Bonchev–Trinajstić information content (AvgIpc) is 2.74. The van der Waals surface area contributed by atoms with Crippen LogP contribution >= 0.6 is 15.9 Å². The summed E-state index contributed by atoms with van der Waals surface area (Å²) in [5.74, 6) is -1.08. The van der Waals surface area contributed by atoms with Crippen molar-refractivity contribution in [2.45, 2.75) is 0 Å². The Morgan fingerprint density at radius 3 is 2.93 bits per heavy atom. The van der Waals surface area contributed by atoms with E-state index in [-0.39, 0.29) is 11.3 Å². The third kappa shape index (κ3) is 1.94. The lowest BCUT2D eigenvalue weighted by molar-refractivity contribution is 0.103. The first-order valence-electron chi connectivity index (χ1n) is 4.04. The number of aromatic nitrogens is 3. The molecule has 0 saturated heterocycles. The predicted octanol–water partition coefficient (Wildman–Crippen LogP) is 1.94. The Morgan fingerprint density at radius 1 is 1.47 bits per heavy atom. The molecule has 4 nitrogen and oxygen atoms in total. The van der Waals surface area contributed by atoms with Gasteiger partial charge in [0.15, 0.2) is 5.69 Å². The molecule has 0 atom stereocenters. The number of ketones is 1. The zero-order valence-electron chi connectivity index (χ0n) is 7.37. The first-order valence-corrected chi connectivity index (χ1v) is 4.83. The van der Waals surface area contributed by atoms with Crippen molar-refractivity contribution in [3.05, 3.63) is 45.9 Å². The molecule has 76 valence electrons. The van der Waals surface area contributed by atoms with Crippen molar-refractivity contribution in [3.8, 4) is 0 Å². The average molecular weight is 270 g/mol. The minimum Gasteiger partial charge on any atom is -0.287 e. The summed E-state index contributed by atoms with van der Waals surface area (Å²) in [5.41, 5.74) is 0.0604.